The highest BCUT2D eigenvalue weighted by molar-refractivity contribution is 5.36. The van der Waals surface area contributed by atoms with E-state index in [1.807, 2.05) is 14.0 Å². The third-order valence-electron chi connectivity index (χ3n) is 2.57. The molecule has 0 bridgehead atoms. The third-order valence-corrected chi connectivity index (χ3v) is 2.57. The van der Waals surface area contributed by atoms with Gasteiger partial charge >= 0.3 is 6.01 Å². The summed E-state index contributed by atoms with van der Waals surface area (Å²) in [7, 11) is 1.81. The Kier molecular flexibility index (Phi) is 4.29. The predicted octanol–water partition coefficient (Wildman–Crippen LogP) is 1.63. The maximum absolute atomic E-state index is 12.9. The van der Waals surface area contributed by atoms with Crippen molar-refractivity contribution in [1.82, 2.24) is 15.0 Å². The van der Waals surface area contributed by atoms with Crippen LogP contribution < -0.4 is 15.4 Å². The van der Waals surface area contributed by atoms with Crippen molar-refractivity contribution in [2.24, 2.45) is 0 Å². The van der Waals surface area contributed by atoms with Crippen molar-refractivity contribution in [2.45, 2.75) is 13.5 Å². The van der Waals surface area contributed by atoms with Gasteiger partial charge in [0, 0.05) is 13.6 Å². The molecule has 7 heteroatoms. The second-order valence-electron chi connectivity index (χ2n) is 4.19. The maximum atomic E-state index is 12.9. The minimum absolute atomic E-state index is 0.101. The molecule has 1 aromatic carbocycles. The molecule has 1 heterocycles. The first-order valence-corrected chi connectivity index (χ1v) is 6.18. The SMILES string of the molecule is CCOc1nc(N)nc(N(C)Cc2ccc(F)cc2)n1. The molecule has 0 radical (unpaired) electrons. The Balaban J connectivity index is 2.15. The summed E-state index contributed by atoms with van der Waals surface area (Å²) in [4.78, 5) is 13.9. The number of hydrogen-bond donors (Lipinski definition) is 1. The van der Waals surface area contributed by atoms with Gasteiger partial charge in [-0.25, -0.2) is 4.39 Å². The third kappa shape index (κ3) is 3.53. The monoisotopic (exact) mass is 277 g/mol. The molecule has 106 valence electrons. The Labute approximate surface area is 116 Å². The lowest BCUT2D eigenvalue weighted by Crippen LogP contribution is -2.20. The van der Waals surface area contributed by atoms with E-state index in [4.69, 9.17) is 10.5 Å². The highest BCUT2D eigenvalue weighted by atomic mass is 19.1. The largest absolute Gasteiger partial charge is 0.464 e. The molecule has 0 aliphatic rings. The topological polar surface area (TPSA) is 77.2 Å². The highest BCUT2D eigenvalue weighted by Crippen LogP contribution is 2.15. The number of benzene rings is 1. The van der Waals surface area contributed by atoms with Crippen LogP contribution in [0.4, 0.5) is 16.3 Å². The molecule has 2 rings (SSSR count). The van der Waals surface area contributed by atoms with Crippen LogP contribution in [0.3, 0.4) is 0 Å². The van der Waals surface area contributed by atoms with E-state index < -0.39 is 0 Å². The Morgan fingerprint density at radius 3 is 2.55 bits per heavy atom. The lowest BCUT2D eigenvalue weighted by molar-refractivity contribution is 0.312. The van der Waals surface area contributed by atoms with E-state index in [1.165, 1.54) is 12.1 Å². The Morgan fingerprint density at radius 2 is 1.90 bits per heavy atom. The average Bonchev–Trinajstić information content (AvgIpc) is 2.41. The zero-order chi connectivity index (χ0) is 14.5. The Morgan fingerprint density at radius 1 is 1.20 bits per heavy atom. The van der Waals surface area contributed by atoms with Gasteiger partial charge in [-0.15, -0.1) is 0 Å². The summed E-state index contributed by atoms with van der Waals surface area (Å²) in [5.41, 5.74) is 6.56. The number of ether oxygens (including phenoxy) is 1. The molecule has 6 nitrogen and oxygen atoms in total. The molecular weight excluding hydrogens is 261 g/mol. The van der Waals surface area contributed by atoms with Crippen LogP contribution in [0.2, 0.25) is 0 Å². The molecule has 0 amide bonds. The van der Waals surface area contributed by atoms with Crippen LogP contribution in [0.1, 0.15) is 12.5 Å². The van der Waals surface area contributed by atoms with Gasteiger partial charge in [-0.3, -0.25) is 0 Å². The van der Waals surface area contributed by atoms with Crippen molar-refractivity contribution < 1.29 is 9.13 Å². The van der Waals surface area contributed by atoms with Gasteiger partial charge in [0.25, 0.3) is 0 Å². The normalized spacial score (nSPS) is 10.3. The minimum atomic E-state index is -0.264. The van der Waals surface area contributed by atoms with Crippen LogP contribution in [0.5, 0.6) is 6.01 Å². The minimum Gasteiger partial charge on any atom is -0.464 e. The van der Waals surface area contributed by atoms with Crippen LogP contribution in [0.15, 0.2) is 24.3 Å². The molecule has 0 aliphatic heterocycles. The number of anilines is 2. The fraction of sp³-hybridized carbons (Fsp3) is 0.308. The Bertz CT molecular complexity index is 575. The van der Waals surface area contributed by atoms with Crippen molar-refractivity contribution >= 4 is 11.9 Å². The summed E-state index contributed by atoms with van der Waals surface area (Å²) in [6.45, 7) is 2.81. The number of halogens is 1. The lowest BCUT2D eigenvalue weighted by atomic mass is 10.2. The second kappa shape index (κ2) is 6.14. The molecule has 0 spiro atoms. The van der Waals surface area contributed by atoms with Crippen LogP contribution in [-0.4, -0.2) is 28.6 Å². The smallest absolute Gasteiger partial charge is 0.323 e. The molecular formula is C13H16FN5O. The van der Waals surface area contributed by atoms with Crippen molar-refractivity contribution in [1.29, 1.82) is 0 Å². The molecule has 20 heavy (non-hydrogen) atoms. The molecule has 1 aromatic heterocycles. The summed E-state index contributed by atoms with van der Waals surface area (Å²) in [6.07, 6.45) is 0. The van der Waals surface area contributed by atoms with E-state index in [9.17, 15) is 4.39 Å². The van der Waals surface area contributed by atoms with Crippen LogP contribution >= 0.6 is 0 Å². The predicted molar refractivity (Wildman–Crippen MR) is 73.9 cm³/mol. The zero-order valence-corrected chi connectivity index (χ0v) is 11.4. The molecule has 0 aliphatic carbocycles. The van der Waals surface area contributed by atoms with Crippen molar-refractivity contribution in [2.75, 3.05) is 24.3 Å². The number of nitrogens with two attached hydrogens (primary N) is 1. The van der Waals surface area contributed by atoms with E-state index in [0.717, 1.165) is 5.56 Å². The fourth-order valence-electron chi connectivity index (χ4n) is 1.66. The number of hydrogen-bond acceptors (Lipinski definition) is 6. The quantitative estimate of drug-likeness (QED) is 0.895. The van der Waals surface area contributed by atoms with Gasteiger partial charge in [0.1, 0.15) is 5.82 Å². The summed E-state index contributed by atoms with van der Waals surface area (Å²) < 4.78 is 18.1. The van der Waals surface area contributed by atoms with Crippen LogP contribution in [0.25, 0.3) is 0 Å². The van der Waals surface area contributed by atoms with E-state index in [-0.39, 0.29) is 17.8 Å². The first kappa shape index (κ1) is 14.0. The number of nitrogen functional groups attached to an aromatic ring is 1. The van der Waals surface area contributed by atoms with Gasteiger partial charge in [0.05, 0.1) is 6.61 Å². The maximum Gasteiger partial charge on any atom is 0.323 e. The van der Waals surface area contributed by atoms with Gasteiger partial charge in [0.2, 0.25) is 11.9 Å². The molecule has 0 saturated heterocycles. The molecule has 2 aromatic rings. The van der Waals surface area contributed by atoms with Gasteiger partial charge in [-0.2, -0.15) is 15.0 Å². The van der Waals surface area contributed by atoms with E-state index >= 15 is 0 Å². The Hall–Kier alpha value is -2.44. The first-order valence-electron chi connectivity index (χ1n) is 6.18. The molecule has 0 fully saturated rings. The number of nitrogens with zero attached hydrogens (tertiary/aromatic N) is 4. The fourth-order valence-corrected chi connectivity index (χ4v) is 1.66. The number of aromatic nitrogens is 3. The lowest BCUT2D eigenvalue weighted by Gasteiger charge is -2.17. The van der Waals surface area contributed by atoms with Gasteiger partial charge in [-0.1, -0.05) is 12.1 Å². The summed E-state index contributed by atoms with van der Waals surface area (Å²) in [5.74, 6) is 0.245. The van der Waals surface area contributed by atoms with Crippen molar-refractivity contribution in [3.05, 3.63) is 35.6 Å². The van der Waals surface area contributed by atoms with Crippen LogP contribution in [0, 0.1) is 5.82 Å². The number of rotatable bonds is 5. The first-order chi connectivity index (χ1) is 9.58. The zero-order valence-electron chi connectivity index (χ0n) is 11.4. The standard InChI is InChI=1S/C13H16FN5O/c1-3-20-13-17-11(15)16-12(18-13)19(2)8-9-4-6-10(14)7-5-9/h4-7H,3,8H2,1-2H3,(H2,15,16,17,18). The molecule has 0 saturated carbocycles. The highest BCUT2D eigenvalue weighted by Gasteiger charge is 2.10. The van der Waals surface area contributed by atoms with E-state index in [2.05, 4.69) is 15.0 Å². The molecule has 0 atom stereocenters. The molecule has 2 N–H and O–H groups in total. The summed E-state index contributed by atoms with van der Waals surface area (Å²) >= 11 is 0. The van der Waals surface area contributed by atoms with Crippen molar-refractivity contribution in [3.8, 4) is 6.01 Å². The van der Waals surface area contributed by atoms with E-state index in [1.54, 1.807) is 17.0 Å². The average molecular weight is 277 g/mol. The summed E-state index contributed by atoms with van der Waals surface area (Å²) in [6, 6.07) is 6.44. The van der Waals surface area contributed by atoms with Crippen molar-refractivity contribution in [3.63, 3.8) is 0 Å². The van der Waals surface area contributed by atoms with E-state index in [0.29, 0.717) is 19.1 Å². The summed E-state index contributed by atoms with van der Waals surface area (Å²) in [5, 5.41) is 0. The van der Waals surface area contributed by atoms with Gasteiger partial charge < -0.3 is 15.4 Å². The van der Waals surface area contributed by atoms with Gasteiger partial charge in [0.15, 0.2) is 0 Å². The van der Waals surface area contributed by atoms with Gasteiger partial charge in [-0.05, 0) is 24.6 Å². The second-order valence-corrected chi connectivity index (χ2v) is 4.19. The van der Waals surface area contributed by atoms with Crippen LogP contribution in [-0.2, 0) is 6.54 Å². The molecule has 0 unspecified atom stereocenters.